The molecule has 3 aromatic rings. The molecular formula is C24H23N3O2S. The van der Waals surface area contributed by atoms with Gasteiger partial charge in [0.1, 0.15) is 0 Å². The number of fused-ring (bicyclic) bond motifs is 4. The minimum Gasteiger partial charge on any atom is -0.338 e. The fourth-order valence-corrected chi connectivity index (χ4v) is 5.19. The molecule has 1 fully saturated rings. The summed E-state index contributed by atoms with van der Waals surface area (Å²) in [4.78, 5) is 33.4. The molecule has 30 heavy (non-hydrogen) atoms. The Hall–Kier alpha value is -2.86. The third-order valence-electron chi connectivity index (χ3n) is 6.22. The molecule has 2 aliphatic rings. The number of carbonyl (C=O) groups is 1. The van der Waals surface area contributed by atoms with E-state index in [9.17, 15) is 9.59 Å². The molecule has 2 aliphatic heterocycles. The third kappa shape index (κ3) is 3.35. The summed E-state index contributed by atoms with van der Waals surface area (Å²) in [5.74, 6) is 0.547. The van der Waals surface area contributed by atoms with Gasteiger partial charge in [-0.1, -0.05) is 12.1 Å². The number of aromatic nitrogens is 2. The van der Waals surface area contributed by atoms with E-state index >= 15 is 0 Å². The summed E-state index contributed by atoms with van der Waals surface area (Å²) < 4.78 is 1.95. The molecule has 0 aliphatic carbocycles. The molecule has 4 heterocycles. The van der Waals surface area contributed by atoms with Gasteiger partial charge >= 0.3 is 0 Å². The molecule has 0 N–H and O–H groups in total. The first kappa shape index (κ1) is 19.1. The lowest BCUT2D eigenvalue weighted by Gasteiger charge is -2.43. The highest BCUT2D eigenvalue weighted by molar-refractivity contribution is 7.98. The van der Waals surface area contributed by atoms with Gasteiger partial charge in [-0.3, -0.25) is 14.6 Å². The highest BCUT2D eigenvalue weighted by Gasteiger charge is 2.36. The van der Waals surface area contributed by atoms with Gasteiger partial charge in [-0.15, -0.1) is 11.8 Å². The SMILES string of the molecule is CSc1ccc(-c2ccc3n(c2=O)CC2CC3CN(C(=O)c3ccncc3)C2)cc1. The van der Waals surface area contributed by atoms with Crippen LogP contribution in [0.4, 0.5) is 0 Å². The molecule has 2 atom stereocenters. The van der Waals surface area contributed by atoms with Gasteiger partial charge in [0.2, 0.25) is 0 Å². The Bertz CT molecular complexity index is 1140. The summed E-state index contributed by atoms with van der Waals surface area (Å²) in [5.41, 5.74) is 3.50. The van der Waals surface area contributed by atoms with E-state index in [4.69, 9.17) is 0 Å². The second-order valence-corrected chi connectivity index (χ2v) is 8.94. The van der Waals surface area contributed by atoms with Crippen LogP contribution in [0.25, 0.3) is 11.1 Å². The highest BCUT2D eigenvalue weighted by atomic mass is 32.2. The van der Waals surface area contributed by atoms with Crippen molar-refractivity contribution in [1.29, 1.82) is 0 Å². The smallest absolute Gasteiger partial charge is 0.258 e. The van der Waals surface area contributed by atoms with Crippen molar-refractivity contribution in [3.63, 3.8) is 0 Å². The van der Waals surface area contributed by atoms with Gasteiger partial charge < -0.3 is 9.47 Å². The van der Waals surface area contributed by atoms with E-state index in [1.165, 1.54) is 4.90 Å². The normalized spacial score (nSPS) is 20.0. The zero-order valence-corrected chi connectivity index (χ0v) is 17.6. The standard InChI is InChI=1S/C24H23N3O2S/c1-30-20-4-2-17(3-5-20)21-6-7-22-19-12-16(14-27(22)24(21)29)13-26(15-19)23(28)18-8-10-25-11-9-18/h2-11,16,19H,12-15H2,1H3. The van der Waals surface area contributed by atoms with Gasteiger partial charge in [0.25, 0.3) is 11.5 Å². The fourth-order valence-electron chi connectivity index (χ4n) is 4.78. The molecule has 0 saturated carbocycles. The summed E-state index contributed by atoms with van der Waals surface area (Å²) >= 11 is 1.69. The van der Waals surface area contributed by atoms with Crippen LogP contribution in [0.15, 0.2) is 70.6 Å². The van der Waals surface area contributed by atoms with Gasteiger partial charge in [-0.25, -0.2) is 0 Å². The number of pyridine rings is 2. The third-order valence-corrected chi connectivity index (χ3v) is 6.96. The zero-order valence-electron chi connectivity index (χ0n) is 16.8. The van der Waals surface area contributed by atoms with Crippen LogP contribution in [0.1, 0.15) is 28.4 Å². The first-order chi connectivity index (χ1) is 14.6. The zero-order chi connectivity index (χ0) is 20.7. The number of likely N-dealkylation sites (tertiary alicyclic amines) is 1. The Morgan fingerprint density at radius 1 is 1.00 bits per heavy atom. The van der Waals surface area contributed by atoms with Crippen LogP contribution < -0.4 is 5.56 Å². The number of piperidine rings is 1. The molecule has 2 bridgehead atoms. The molecule has 5 rings (SSSR count). The van der Waals surface area contributed by atoms with Crippen LogP contribution in [0, 0.1) is 5.92 Å². The minimum atomic E-state index is 0.0494. The van der Waals surface area contributed by atoms with Crippen LogP contribution in [-0.4, -0.2) is 39.7 Å². The predicted octanol–water partition coefficient (Wildman–Crippen LogP) is 3.89. The van der Waals surface area contributed by atoms with E-state index in [1.807, 2.05) is 33.9 Å². The number of hydrogen-bond donors (Lipinski definition) is 0. The molecule has 0 spiro atoms. The van der Waals surface area contributed by atoms with Crippen molar-refractivity contribution in [2.45, 2.75) is 23.8 Å². The second-order valence-electron chi connectivity index (χ2n) is 8.06. The molecule has 152 valence electrons. The monoisotopic (exact) mass is 417 g/mol. The maximum Gasteiger partial charge on any atom is 0.258 e. The average molecular weight is 418 g/mol. The molecule has 5 nitrogen and oxygen atoms in total. The Morgan fingerprint density at radius 2 is 1.77 bits per heavy atom. The van der Waals surface area contributed by atoms with Gasteiger partial charge in [-0.05, 0) is 60.6 Å². The fraction of sp³-hybridized carbons (Fsp3) is 0.292. The van der Waals surface area contributed by atoms with Crippen molar-refractivity contribution in [2.24, 2.45) is 5.92 Å². The molecular weight excluding hydrogens is 394 g/mol. The maximum absolute atomic E-state index is 13.3. The number of thioether (sulfide) groups is 1. The number of amides is 1. The van der Waals surface area contributed by atoms with Crippen LogP contribution in [0.2, 0.25) is 0 Å². The van der Waals surface area contributed by atoms with Crippen molar-refractivity contribution < 1.29 is 4.79 Å². The summed E-state index contributed by atoms with van der Waals surface area (Å²) in [6.07, 6.45) is 6.38. The number of rotatable bonds is 3. The van der Waals surface area contributed by atoms with Gasteiger partial charge in [0, 0.05) is 59.7 Å². The Morgan fingerprint density at radius 3 is 2.50 bits per heavy atom. The van der Waals surface area contributed by atoms with E-state index in [0.29, 0.717) is 31.1 Å². The van der Waals surface area contributed by atoms with E-state index in [2.05, 4.69) is 23.2 Å². The van der Waals surface area contributed by atoms with E-state index in [1.54, 1.807) is 36.3 Å². The van der Waals surface area contributed by atoms with Crippen LogP contribution in [-0.2, 0) is 6.54 Å². The number of nitrogens with zero attached hydrogens (tertiary/aromatic N) is 3. The van der Waals surface area contributed by atoms with E-state index in [0.717, 1.165) is 23.2 Å². The van der Waals surface area contributed by atoms with Gasteiger partial charge in [-0.2, -0.15) is 0 Å². The molecule has 2 unspecified atom stereocenters. The van der Waals surface area contributed by atoms with Crippen molar-refractivity contribution in [1.82, 2.24) is 14.5 Å². The summed E-state index contributed by atoms with van der Waals surface area (Å²) in [5, 5.41) is 0. The molecule has 1 aromatic carbocycles. The largest absolute Gasteiger partial charge is 0.338 e. The molecule has 0 radical (unpaired) electrons. The molecule has 2 aromatic heterocycles. The van der Waals surface area contributed by atoms with Gasteiger partial charge in [0.15, 0.2) is 0 Å². The topological polar surface area (TPSA) is 55.2 Å². The molecule has 1 saturated heterocycles. The van der Waals surface area contributed by atoms with Gasteiger partial charge in [0.05, 0.1) is 0 Å². The lowest BCUT2D eigenvalue weighted by molar-refractivity contribution is 0.0594. The Balaban J connectivity index is 1.45. The number of benzene rings is 1. The number of hydrogen-bond acceptors (Lipinski definition) is 4. The minimum absolute atomic E-state index is 0.0494. The maximum atomic E-state index is 13.3. The van der Waals surface area contributed by atoms with Crippen LogP contribution in [0.3, 0.4) is 0 Å². The summed E-state index contributed by atoms with van der Waals surface area (Å²) in [7, 11) is 0. The Labute approximate surface area is 179 Å². The predicted molar refractivity (Wildman–Crippen MR) is 119 cm³/mol. The lowest BCUT2D eigenvalue weighted by atomic mass is 9.82. The first-order valence-corrected chi connectivity index (χ1v) is 11.4. The van der Waals surface area contributed by atoms with E-state index in [-0.39, 0.29) is 17.4 Å². The lowest BCUT2D eigenvalue weighted by Crippen LogP contribution is -2.49. The molecule has 1 amide bonds. The van der Waals surface area contributed by atoms with Crippen molar-refractivity contribution in [3.8, 4) is 11.1 Å². The quantitative estimate of drug-likeness (QED) is 0.607. The second kappa shape index (κ2) is 7.76. The highest BCUT2D eigenvalue weighted by Crippen LogP contribution is 2.36. The number of carbonyl (C=O) groups excluding carboxylic acids is 1. The average Bonchev–Trinajstić information content (AvgIpc) is 2.80. The van der Waals surface area contributed by atoms with Crippen LogP contribution in [0.5, 0.6) is 0 Å². The van der Waals surface area contributed by atoms with Crippen molar-refractivity contribution in [3.05, 3.63) is 82.5 Å². The summed E-state index contributed by atoms with van der Waals surface area (Å²) in [6.45, 7) is 2.01. The molecule has 6 heteroatoms. The van der Waals surface area contributed by atoms with Crippen molar-refractivity contribution in [2.75, 3.05) is 19.3 Å². The Kier molecular flexibility index (Phi) is 4.95. The summed E-state index contributed by atoms with van der Waals surface area (Å²) in [6, 6.07) is 15.7. The van der Waals surface area contributed by atoms with E-state index < -0.39 is 0 Å². The van der Waals surface area contributed by atoms with Crippen molar-refractivity contribution >= 4 is 17.7 Å². The first-order valence-electron chi connectivity index (χ1n) is 10.2. The van der Waals surface area contributed by atoms with Crippen LogP contribution >= 0.6 is 11.8 Å².